The van der Waals surface area contributed by atoms with E-state index in [0.29, 0.717) is 6.04 Å². The summed E-state index contributed by atoms with van der Waals surface area (Å²) in [6.07, 6.45) is 1.24. The molecule has 0 bridgehead atoms. The Kier molecular flexibility index (Phi) is 5.32. The second kappa shape index (κ2) is 6.84. The van der Waals surface area contributed by atoms with E-state index in [1.807, 2.05) is 22.7 Å². The van der Waals surface area contributed by atoms with Gasteiger partial charge >= 0.3 is 0 Å². The fraction of sp³-hybridized carbons (Fsp3) is 0.429. The van der Waals surface area contributed by atoms with E-state index in [9.17, 15) is 0 Å². The Balaban J connectivity index is 1.95. The molecule has 0 saturated carbocycles. The first-order valence-electron chi connectivity index (χ1n) is 6.56. The molecule has 1 aliphatic heterocycles. The molecule has 0 fully saturated rings. The van der Waals surface area contributed by atoms with Gasteiger partial charge in [-0.3, -0.25) is 0 Å². The van der Waals surface area contributed by atoms with E-state index in [2.05, 4.69) is 68.0 Å². The number of nitrogens with one attached hydrogen (secondary N) is 1. The SMILES string of the molecule is CCNC(c1cc(Br)c(Br)s1)c1cc2c(s1)CCSC2. The highest BCUT2D eigenvalue weighted by Crippen LogP contribution is 2.41. The van der Waals surface area contributed by atoms with E-state index >= 15 is 0 Å². The molecule has 1 N–H and O–H groups in total. The summed E-state index contributed by atoms with van der Waals surface area (Å²) >= 11 is 13.1. The number of aryl methyl sites for hydroxylation is 1. The Hall–Kier alpha value is 0.670. The predicted octanol–water partition coefficient (Wildman–Crippen LogP) is 5.82. The molecule has 0 spiro atoms. The summed E-state index contributed by atoms with van der Waals surface area (Å²) in [5, 5.41) is 3.64. The fourth-order valence-electron chi connectivity index (χ4n) is 2.36. The predicted molar refractivity (Wildman–Crippen MR) is 99.4 cm³/mol. The second-order valence-corrected chi connectivity index (χ2v) is 10.2. The highest BCUT2D eigenvalue weighted by molar-refractivity contribution is 9.13. The van der Waals surface area contributed by atoms with Crippen LogP contribution in [-0.2, 0) is 12.2 Å². The number of rotatable bonds is 4. The van der Waals surface area contributed by atoms with Crippen molar-refractivity contribution in [3.05, 3.63) is 40.6 Å². The van der Waals surface area contributed by atoms with Crippen molar-refractivity contribution in [1.82, 2.24) is 5.32 Å². The fourth-order valence-corrected chi connectivity index (χ4v) is 7.09. The van der Waals surface area contributed by atoms with Gasteiger partial charge in [-0.2, -0.15) is 11.8 Å². The van der Waals surface area contributed by atoms with Crippen molar-refractivity contribution < 1.29 is 0 Å². The summed E-state index contributed by atoms with van der Waals surface area (Å²) in [5.41, 5.74) is 1.55. The number of fused-ring (bicyclic) bond motifs is 1. The Labute approximate surface area is 148 Å². The molecule has 1 nitrogen and oxygen atoms in total. The average Bonchev–Trinajstić information content (AvgIpc) is 3.00. The summed E-state index contributed by atoms with van der Waals surface area (Å²) in [5.74, 6) is 2.46. The van der Waals surface area contributed by atoms with Gasteiger partial charge in [0.15, 0.2) is 0 Å². The average molecular weight is 453 g/mol. The van der Waals surface area contributed by atoms with Gasteiger partial charge in [-0.15, -0.1) is 22.7 Å². The maximum Gasteiger partial charge on any atom is 0.0843 e. The minimum atomic E-state index is 0.327. The van der Waals surface area contributed by atoms with Crippen molar-refractivity contribution in [2.75, 3.05) is 12.3 Å². The van der Waals surface area contributed by atoms with Crippen molar-refractivity contribution in [3.8, 4) is 0 Å². The molecule has 2 aromatic rings. The Morgan fingerprint density at radius 3 is 2.70 bits per heavy atom. The van der Waals surface area contributed by atoms with Crippen LogP contribution in [0.1, 0.15) is 33.2 Å². The van der Waals surface area contributed by atoms with Gasteiger partial charge in [-0.1, -0.05) is 6.92 Å². The van der Waals surface area contributed by atoms with Gasteiger partial charge < -0.3 is 5.32 Å². The molecule has 20 heavy (non-hydrogen) atoms. The summed E-state index contributed by atoms with van der Waals surface area (Å²) in [6, 6.07) is 4.98. The van der Waals surface area contributed by atoms with Crippen LogP contribution in [0.5, 0.6) is 0 Å². The molecule has 0 aromatic carbocycles. The maximum atomic E-state index is 3.64. The third-order valence-electron chi connectivity index (χ3n) is 3.29. The monoisotopic (exact) mass is 451 g/mol. The van der Waals surface area contributed by atoms with E-state index < -0.39 is 0 Å². The van der Waals surface area contributed by atoms with Gasteiger partial charge in [0.05, 0.1) is 9.83 Å². The van der Waals surface area contributed by atoms with Crippen LogP contribution in [0.3, 0.4) is 0 Å². The highest BCUT2D eigenvalue weighted by Gasteiger charge is 2.22. The zero-order valence-corrected chi connectivity index (χ0v) is 16.7. The first-order chi connectivity index (χ1) is 9.69. The van der Waals surface area contributed by atoms with Gasteiger partial charge in [-0.25, -0.2) is 0 Å². The molecule has 2 aromatic heterocycles. The largest absolute Gasteiger partial charge is 0.305 e. The summed E-state index contributed by atoms with van der Waals surface area (Å²) in [4.78, 5) is 4.42. The van der Waals surface area contributed by atoms with Crippen LogP contribution < -0.4 is 5.32 Å². The van der Waals surface area contributed by atoms with Crippen molar-refractivity contribution in [3.63, 3.8) is 0 Å². The topological polar surface area (TPSA) is 12.0 Å². The standard InChI is InChI=1S/C14H15Br2NS3/c1-2-17-13(12-6-9(15)14(16)20-12)11-5-8-7-18-4-3-10(8)19-11/h5-6,13,17H,2-4,7H2,1H3. The summed E-state index contributed by atoms with van der Waals surface area (Å²) in [7, 11) is 0. The van der Waals surface area contributed by atoms with Crippen molar-refractivity contribution in [2.45, 2.75) is 25.1 Å². The van der Waals surface area contributed by atoms with Gasteiger partial charge in [0.2, 0.25) is 0 Å². The second-order valence-electron chi connectivity index (χ2n) is 4.66. The van der Waals surface area contributed by atoms with Crippen LogP contribution in [0.25, 0.3) is 0 Å². The molecule has 1 atom stereocenters. The lowest BCUT2D eigenvalue weighted by Gasteiger charge is -2.14. The summed E-state index contributed by atoms with van der Waals surface area (Å²) in [6.45, 7) is 3.16. The normalized spacial score (nSPS) is 16.1. The number of hydrogen-bond donors (Lipinski definition) is 1. The lowest BCUT2D eigenvalue weighted by Crippen LogP contribution is -2.20. The zero-order chi connectivity index (χ0) is 14.1. The minimum Gasteiger partial charge on any atom is -0.305 e. The number of hydrogen-bond acceptors (Lipinski definition) is 4. The highest BCUT2D eigenvalue weighted by atomic mass is 79.9. The van der Waals surface area contributed by atoms with Crippen LogP contribution in [0.15, 0.2) is 20.4 Å². The summed E-state index contributed by atoms with van der Waals surface area (Å²) < 4.78 is 2.32. The number of thiophene rings is 2. The third kappa shape index (κ3) is 3.20. The molecule has 3 heterocycles. The minimum absolute atomic E-state index is 0.327. The molecule has 0 amide bonds. The Bertz CT molecular complexity index is 563. The molecular weight excluding hydrogens is 438 g/mol. The Morgan fingerprint density at radius 1 is 1.25 bits per heavy atom. The quantitative estimate of drug-likeness (QED) is 0.626. The molecule has 0 aliphatic carbocycles. The van der Waals surface area contributed by atoms with Crippen LogP contribution in [0.4, 0.5) is 0 Å². The zero-order valence-electron chi connectivity index (χ0n) is 11.0. The third-order valence-corrected chi connectivity index (χ3v) is 8.92. The first kappa shape index (κ1) is 15.6. The van der Waals surface area contributed by atoms with Crippen molar-refractivity contribution >= 4 is 66.3 Å². The van der Waals surface area contributed by atoms with Gasteiger partial charge in [0, 0.05) is 24.9 Å². The molecule has 108 valence electrons. The van der Waals surface area contributed by atoms with E-state index in [-0.39, 0.29) is 0 Å². The van der Waals surface area contributed by atoms with E-state index in [1.54, 1.807) is 10.4 Å². The van der Waals surface area contributed by atoms with Crippen LogP contribution in [0.2, 0.25) is 0 Å². The first-order valence-corrected chi connectivity index (χ1v) is 10.9. The van der Waals surface area contributed by atoms with Crippen LogP contribution >= 0.6 is 66.3 Å². The molecule has 1 aliphatic rings. The van der Waals surface area contributed by atoms with Crippen molar-refractivity contribution in [1.29, 1.82) is 0 Å². The van der Waals surface area contributed by atoms with Crippen LogP contribution in [0, 0.1) is 0 Å². The molecule has 6 heteroatoms. The van der Waals surface area contributed by atoms with E-state index in [1.165, 1.54) is 31.5 Å². The Morgan fingerprint density at radius 2 is 2.05 bits per heavy atom. The van der Waals surface area contributed by atoms with Gasteiger partial charge in [0.25, 0.3) is 0 Å². The molecule has 1 unspecified atom stereocenters. The molecule has 3 rings (SSSR count). The maximum absolute atomic E-state index is 3.64. The van der Waals surface area contributed by atoms with E-state index in [4.69, 9.17) is 0 Å². The smallest absolute Gasteiger partial charge is 0.0843 e. The van der Waals surface area contributed by atoms with Crippen molar-refractivity contribution in [2.24, 2.45) is 0 Å². The number of thioether (sulfide) groups is 1. The number of halogens is 2. The molecular formula is C14H15Br2NS3. The lowest BCUT2D eigenvalue weighted by molar-refractivity contribution is 0.648. The van der Waals surface area contributed by atoms with Crippen LogP contribution in [-0.4, -0.2) is 12.3 Å². The van der Waals surface area contributed by atoms with E-state index in [0.717, 1.165) is 11.0 Å². The van der Waals surface area contributed by atoms with Gasteiger partial charge in [0.1, 0.15) is 0 Å². The molecule has 0 radical (unpaired) electrons. The lowest BCUT2D eigenvalue weighted by atomic mass is 10.1. The van der Waals surface area contributed by atoms with Gasteiger partial charge in [-0.05, 0) is 68.3 Å². The molecule has 0 saturated heterocycles.